The molecule has 15 heavy (non-hydrogen) atoms. The number of nitrogens with two attached hydrogens (primary N) is 1. The highest BCUT2D eigenvalue weighted by Gasteiger charge is 2.19. The summed E-state index contributed by atoms with van der Waals surface area (Å²) in [5, 5.41) is 0. The van der Waals surface area contributed by atoms with Crippen LogP contribution in [0.15, 0.2) is 0 Å². The molecular weight excluding hydrogens is 188 g/mol. The lowest BCUT2D eigenvalue weighted by molar-refractivity contribution is -0.135. The van der Waals surface area contributed by atoms with Crippen molar-refractivity contribution < 1.29 is 4.79 Å². The van der Waals surface area contributed by atoms with E-state index in [-0.39, 0.29) is 11.8 Å². The maximum atomic E-state index is 12.0. The molecule has 0 saturated carbocycles. The number of nitrogens with zero attached hydrogens (tertiary/aromatic N) is 1. The van der Waals surface area contributed by atoms with Gasteiger partial charge in [-0.2, -0.15) is 0 Å². The Hall–Kier alpha value is -0.570. The monoisotopic (exact) mass is 214 g/mol. The number of amides is 1. The number of carbonyl (C=O) groups excluding carboxylic acids is 1. The van der Waals surface area contributed by atoms with Gasteiger partial charge in [-0.3, -0.25) is 4.79 Å². The van der Waals surface area contributed by atoms with Crippen LogP contribution >= 0.6 is 0 Å². The normalized spacial score (nSPS) is 14.7. The third-order valence-electron chi connectivity index (χ3n) is 2.94. The standard InChI is InChI=1S/C12H26N2O/c1-5-10(3)9-14(6-2)12(15)11(4)7-8-13/h10-11H,5-9,13H2,1-4H3. The molecule has 0 radical (unpaired) electrons. The van der Waals surface area contributed by atoms with Crippen molar-refractivity contribution in [2.75, 3.05) is 19.6 Å². The Labute approximate surface area is 94.0 Å². The van der Waals surface area contributed by atoms with Crippen LogP contribution in [-0.2, 0) is 4.79 Å². The molecule has 0 heterocycles. The molecule has 0 fully saturated rings. The molecule has 0 aliphatic carbocycles. The van der Waals surface area contributed by atoms with Crippen LogP contribution in [-0.4, -0.2) is 30.4 Å². The van der Waals surface area contributed by atoms with Crippen LogP contribution in [0, 0.1) is 11.8 Å². The van der Waals surface area contributed by atoms with Crippen LogP contribution in [0.4, 0.5) is 0 Å². The lowest BCUT2D eigenvalue weighted by Gasteiger charge is -2.26. The van der Waals surface area contributed by atoms with Gasteiger partial charge >= 0.3 is 0 Å². The lowest BCUT2D eigenvalue weighted by atomic mass is 10.0. The van der Waals surface area contributed by atoms with Crippen LogP contribution in [0.1, 0.15) is 40.5 Å². The van der Waals surface area contributed by atoms with Gasteiger partial charge in [0.1, 0.15) is 0 Å². The summed E-state index contributed by atoms with van der Waals surface area (Å²) < 4.78 is 0. The summed E-state index contributed by atoms with van der Waals surface area (Å²) in [7, 11) is 0. The van der Waals surface area contributed by atoms with E-state index in [0.29, 0.717) is 12.5 Å². The van der Waals surface area contributed by atoms with E-state index in [1.807, 2.05) is 18.7 Å². The van der Waals surface area contributed by atoms with Gasteiger partial charge in [-0.1, -0.05) is 27.2 Å². The average molecular weight is 214 g/mol. The molecule has 0 aromatic heterocycles. The highest BCUT2D eigenvalue weighted by molar-refractivity contribution is 5.78. The van der Waals surface area contributed by atoms with Crippen LogP contribution < -0.4 is 5.73 Å². The van der Waals surface area contributed by atoms with Gasteiger partial charge in [-0.05, 0) is 25.8 Å². The second-order valence-corrected chi connectivity index (χ2v) is 4.37. The predicted octanol–water partition coefficient (Wildman–Crippen LogP) is 1.87. The van der Waals surface area contributed by atoms with Crippen molar-refractivity contribution in [3.05, 3.63) is 0 Å². The van der Waals surface area contributed by atoms with Crippen molar-refractivity contribution in [2.45, 2.75) is 40.5 Å². The van der Waals surface area contributed by atoms with Crippen LogP contribution in [0.3, 0.4) is 0 Å². The van der Waals surface area contributed by atoms with E-state index in [2.05, 4.69) is 13.8 Å². The molecule has 0 aromatic carbocycles. The van der Waals surface area contributed by atoms with E-state index >= 15 is 0 Å². The van der Waals surface area contributed by atoms with Gasteiger partial charge in [0.2, 0.25) is 5.91 Å². The largest absolute Gasteiger partial charge is 0.342 e. The highest BCUT2D eigenvalue weighted by Crippen LogP contribution is 2.10. The number of hydrogen-bond donors (Lipinski definition) is 1. The molecule has 0 aliphatic heterocycles. The van der Waals surface area contributed by atoms with Crippen LogP contribution in [0.2, 0.25) is 0 Å². The predicted molar refractivity (Wildman–Crippen MR) is 64.5 cm³/mol. The summed E-state index contributed by atoms with van der Waals surface area (Å²) in [5.41, 5.74) is 5.47. The molecule has 0 saturated heterocycles. The molecular formula is C12H26N2O. The molecule has 0 aliphatic rings. The third-order valence-corrected chi connectivity index (χ3v) is 2.94. The fraction of sp³-hybridized carbons (Fsp3) is 0.917. The molecule has 2 unspecified atom stereocenters. The van der Waals surface area contributed by atoms with E-state index in [0.717, 1.165) is 25.9 Å². The first-order valence-corrected chi connectivity index (χ1v) is 6.05. The third kappa shape index (κ3) is 5.17. The van der Waals surface area contributed by atoms with Crippen molar-refractivity contribution in [1.29, 1.82) is 0 Å². The van der Waals surface area contributed by atoms with E-state index in [4.69, 9.17) is 5.73 Å². The topological polar surface area (TPSA) is 46.3 Å². The van der Waals surface area contributed by atoms with E-state index in [9.17, 15) is 4.79 Å². The molecule has 0 rings (SSSR count). The van der Waals surface area contributed by atoms with Gasteiger partial charge in [0, 0.05) is 19.0 Å². The molecule has 3 heteroatoms. The van der Waals surface area contributed by atoms with Crippen LogP contribution in [0.5, 0.6) is 0 Å². The molecule has 0 bridgehead atoms. The Morgan fingerprint density at radius 2 is 1.93 bits per heavy atom. The molecule has 0 aromatic rings. The first kappa shape index (κ1) is 14.4. The van der Waals surface area contributed by atoms with Crippen molar-refractivity contribution in [1.82, 2.24) is 4.90 Å². The Morgan fingerprint density at radius 1 is 1.33 bits per heavy atom. The maximum Gasteiger partial charge on any atom is 0.225 e. The molecule has 2 atom stereocenters. The van der Waals surface area contributed by atoms with Crippen molar-refractivity contribution in [2.24, 2.45) is 17.6 Å². The average Bonchev–Trinajstić information content (AvgIpc) is 2.24. The summed E-state index contributed by atoms with van der Waals surface area (Å²) in [6.45, 7) is 10.6. The van der Waals surface area contributed by atoms with Crippen molar-refractivity contribution >= 4 is 5.91 Å². The molecule has 90 valence electrons. The minimum Gasteiger partial charge on any atom is -0.342 e. The lowest BCUT2D eigenvalue weighted by Crippen LogP contribution is -2.38. The second kappa shape index (κ2) is 7.69. The first-order valence-electron chi connectivity index (χ1n) is 6.05. The van der Waals surface area contributed by atoms with E-state index in [1.165, 1.54) is 0 Å². The summed E-state index contributed by atoms with van der Waals surface area (Å²) in [5.74, 6) is 0.904. The zero-order chi connectivity index (χ0) is 11.8. The van der Waals surface area contributed by atoms with Gasteiger partial charge in [-0.25, -0.2) is 0 Å². The Balaban J connectivity index is 4.20. The van der Waals surface area contributed by atoms with Crippen molar-refractivity contribution in [3.8, 4) is 0 Å². The highest BCUT2D eigenvalue weighted by atomic mass is 16.2. The summed E-state index contributed by atoms with van der Waals surface area (Å²) >= 11 is 0. The van der Waals surface area contributed by atoms with E-state index < -0.39 is 0 Å². The SMILES string of the molecule is CCC(C)CN(CC)C(=O)C(C)CCN. The van der Waals surface area contributed by atoms with Crippen LogP contribution in [0.25, 0.3) is 0 Å². The summed E-state index contributed by atoms with van der Waals surface area (Å²) in [6, 6.07) is 0. The molecule has 2 N–H and O–H groups in total. The smallest absolute Gasteiger partial charge is 0.225 e. The molecule has 0 spiro atoms. The second-order valence-electron chi connectivity index (χ2n) is 4.37. The summed E-state index contributed by atoms with van der Waals surface area (Å²) in [4.78, 5) is 13.9. The van der Waals surface area contributed by atoms with E-state index in [1.54, 1.807) is 0 Å². The van der Waals surface area contributed by atoms with Gasteiger partial charge in [-0.15, -0.1) is 0 Å². The molecule has 1 amide bonds. The van der Waals surface area contributed by atoms with Gasteiger partial charge in [0.25, 0.3) is 0 Å². The fourth-order valence-corrected chi connectivity index (χ4v) is 1.57. The zero-order valence-corrected chi connectivity index (χ0v) is 10.6. The number of hydrogen-bond acceptors (Lipinski definition) is 2. The zero-order valence-electron chi connectivity index (χ0n) is 10.6. The fourth-order valence-electron chi connectivity index (χ4n) is 1.57. The molecule has 3 nitrogen and oxygen atoms in total. The van der Waals surface area contributed by atoms with Gasteiger partial charge in [0.15, 0.2) is 0 Å². The van der Waals surface area contributed by atoms with Crippen molar-refractivity contribution in [3.63, 3.8) is 0 Å². The maximum absolute atomic E-state index is 12.0. The van der Waals surface area contributed by atoms with Gasteiger partial charge in [0.05, 0.1) is 0 Å². The minimum absolute atomic E-state index is 0.0685. The Kier molecular flexibility index (Phi) is 7.39. The Bertz CT molecular complexity index is 182. The number of rotatable bonds is 7. The quantitative estimate of drug-likeness (QED) is 0.703. The summed E-state index contributed by atoms with van der Waals surface area (Å²) in [6.07, 6.45) is 1.91. The number of carbonyl (C=O) groups is 1. The van der Waals surface area contributed by atoms with Gasteiger partial charge < -0.3 is 10.6 Å². The first-order chi connectivity index (χ1) is 7.06. The Morgan fingerprint density at radius 3 is 2.33 bits per heavy atom. The minimum atomic E-state index is 0.0685.